The normalized spacial score (nSPS) is 17.6. The van der Waals surface area contributed by atoms with Crippen LogP contribution in [0.1, 0.15) is 25.7 Å². The van der Waals surface area contributed by atoms with Gasteiger partial charge in [0.2, 0.25) is 11.2 Å². The quantitative estimate of drug-likeness (QED) is 0.525. The molecule has 0 aliphatic heterocycles. The lowest BCUT2D eigenvalue weighted by atomic mass is 10.1. The Morgan fingerprint density at radius 1 is 1.24 bits per heavy atom. The maximum atomic E-state index is 13.1. The summed E-state index contributed by atoms with van der Waals surface area (Å²) in [7, 11) is 0. The highest BCUT2D eigenvalue weighted by Gasteiger charge is 2.21. The third kappa shape index (κ3) is 3.37. The third-order valence-electron chi connectivity index (χ3n) is 4.29. The Labute approximate surface area is 154 Å². The van der Waals surface area contributed by atoms with Crippen LogP contribution in [0.3, 0.4) is 0 Å². The molecular weight excluding hydrogens is 356 g/mol. The Balaban J connectivity index is 1.88. The predicted molar refractivity (Wildman–Crippen MR) is 103 cm³/mol. The van der Waals surface area contributed by atoms with Crippen molar-refractivity contribution < 1.29 is 9.15 Å². The molecule has 3 aromatic rings. The summed E-state index contributed by atoms with van der Waals surface area (Å²) in [6.07, 6.45) is 8.25. The Morgan fingerprint density at radius 2 is 2.16 bits per heavy atom. The highest BCUT2D eigenvalue weighted by Crippen LogP contribution is 2.35. The predicted octanol–water partition coefficient (Wildman–Crippen LogP) is 6.05. The van der Waals surface area contributed by atoms with E-state index in [1.807, 2.05) is 23.6 Å². The fourth-order valence-electron chi connectivity index (χ4n) is 3.03. The molecule has 128 valence electrons. The van der Waals surface area contributed by atoms with E-state index in [0.29, 0.717) is 21.8 Å². The topological polar surface area (TPSA) is 39.4 Å². The summed E-state index contributed by atoms with van der Waals surface area (Å²) in [4.78, 5) is 14.0. The first-order valence-electron chi connectivity index (χ1n) is 8.36. The molecule has 5 heteroatoms. The van der Waals surface area contributed by atoms with E-state index in [-0.39, 0.29) is 17.3 Å². The number of allylic oxidation sites excluding steroid dienone is 1. The van der Waals surface area contributed by atoms with Crippen molar-refractivity contribution in [2.24, 2.45) is 0 Å². The Morgan fingerprint density at radius 3 is 3.00 bits per heavy atom. The number of rotatable bonds is 3. The number of hydrogen-bond acceptors (Lipinski definition) is 4. The van der Waals surface area contributed by atoms with Gasteiger partial charge in [-0.1, -0.05) is 23.7 Å². The maximum Gasteiger partial charge on any atom is 0.235 e. The van der Waals surface area contributed by atoms with Gasteiger partial charge in [0.05, 0.1) is 10.3 Å². The highest BCUT2D eigenvalue weighted by molar-refractivity contribution is 7.13. The molecule has 2 heterocycles. The van der Waals surface area contributed by atoms with Crippen LogP contribution in [0.2, 0.25) is 5.02 Å². The average Bonchev–Trinajstić information content (AvgIpc) is 3.02. The summed E-state index contributed by atoms with van der Waals surface area (Å²) in [5.74, 6) is 0.765. The number of benzene rings is 1. The van der Waals surface area contributed by atoms with Gasteiger partial charge in [-0.25, -0.2) is 0 Å². The second kappa shape index (κ2) is 7.06. The number of hydrogen-bond donors (Lipinski definition) is 0. The Bertz CT molecular complexity index is 973. The summed E-state index contributed by atoms with van der Waals surface area (Å²) >= 11 is 7.59. The lowest BCUT2D eigenvalue weighted by Crippen LogP contribution is -2.18. The van der Waals surface area contributed by atoms with Crippen LogP contribution in [0.15, 0.2) is 57.1 Å². The molecule has 1 aliphatic carbocycles. The van der Waals surface area contributed by atoms with Crippen LogP contribution in [0.4, 0.5) is 0 Å². The van der Waals surface area contributed by atoms with Crippen LogP contribution in [0.5, 0.6) is 5.75 Å². The van der Waals surface area contributed by atoms with Gasteiger partial charge < -0.3 is 9.15 Å². The van der Waals surface area contributed by atoms with Crippen LogP contribution >= 0.6 is 22.9 Å². The number of ether oxygens (including phenoxy) is 1. The minimum Gasteiger partial charge on any atom is -0.479 e. The second-order valence-electron chi connectivity index (χ2n) is 6.08. The van der Waals surface area contributed by atoms with Gasteiger partial charge in [-0.15, -0.1) is 11.3 Å². The molecule has 4 rings (SSSR count). The molecule has 0 saturated carbocycles. The van der Waals surface area contributed by atoms with Crippen LogP contribution in [-0.2, 0) is 0 Å². The van der Waals surface area contributed by atoms with Crippen molar-refractivity contribution in [3.05, 3.63) is 63.1 Å². The molecule has 0 spiro atoms. The first-order chi connectivity index (χ1) is 12.2. The van der Waals surface area contributed by atoms with E-state index < -0.39 is 0 Å². The molecule has 0 radical (unpaired) electrons. The van der Waals surface area contributed by atoms with Gasteiger partial charge in [0.25, 0.3) is 0 Å². The SMILES string of the molecule is O=c1c(OC2C=CCCCC2)c(-c2cccs2)oc2ccc(Cl)cc12. The largest absolute Gasteiger partial charge is 0.479 e. The smallest absolute Gasteiger partial charge is 0.235 e. The molecule has 1 unspecified atom stereocenters. The minimum atomic E-state index is -0.176. The molecule has 1 atom stereocenters. The monoisotopic (exact) mass is 372 g/mol. The summed E-state index contributed by atoms with van der Waals surface area (Å²) < 4.78 is 12.2. The first-order valence-corrected chi connectivity index (χ1v) is 9.62. The van der Waals surface area contributed by atoms with Gasteiger partial charge >= 0.3 is 0 Å². The first kappa shape index (κ1) is 16.4. The lowest BCUT2D eigenvalue weighted by Gasteiger charge is -2.16. The fraction of sp³-hybridized carbons (Fsp3) is 0.250. The second-order valence-corrected chi connectivity index (χ2v) is 7.46. The van der Waals surface area contributed by atoms with E-state index in [9.17, 15) is 4.79 Å². The highest BCUT2D eigenvalue weighted by atomic mass is 35.5. The van der Waals surface area contributed by atoms with E-state index in [1.54, 1.807) is 18.2 Å². The van der Waals surface area contributed by atoms with E-state index in [4.69, 9.17) is 20.8 Å². The van der Waals surface area contributed by atoms with Crippen molar-refractivity contribution >= 4 is 33.9 Å². The standard InChI is InChI=1S/C20H17ClO3S/c21-13-9-10-16-15(12-13)18(22)20(19(24-16)17-8-5-11-25-17)23-14-6-3-1-2-4-7-14/h3,5-6,8-12,14H,1-2,4,7H2. The van der Waals surface area contributed by atoms with E-state index in [1.165, 1.54) is 11.3 Å². The average molecular weight is 373 g/mol. The van der Waals surface area contributed by atoms with Gasteiger partial charge in [0, 0.05) is 5.02 Å². The zero-order valence-electron chi connectivity index (χ0n) is 13.5. The van der Waals surface area contributed by atoms with Crippen molar-refractivity contribution in [2.75, 3.05) is 0 Å². The van der Waals surface area contributed by atoms with Gasteiger partial charge in [-0.3, -0.25) is 4.79 Å². The van der Waals surface area contributed by atoms with Crippen molar-refractivity contribution in [1.82, 2.24) is 0 Å². The van der Waals surface area contributed by atoms with Gasteiger partial charge in [0.15, 0.2) is 5.76 Å². The molecule has 2 aromatic heterocycles. The molecule has 0 amide bonds. The molecule has 0 N–H and O–H groups in total. The molecule has 0 fully saturated rings. The molecule has 1 aliphatic rings. The van der Waals surface area contributed by atoms with Crippen LogP contribution in [-0.4, -0.2) is 6.10 Å². The van der Waals surface area contributed by atoms with Crippen LogP contribution in [0, 0.1) is 0 Å². The van der Waals surface area contributed by atoms with E-state index in [0.717, 1.165) is 30.6 Å². The van der Waals surface area contributed by atoms with Gasteiger partial charge in [0.1, 0.15) is 11.7 Å². The summed E-state index contributed by atoms with van der Waals surface area (Å²) in [5, 5.41) is 2.90. The molecular formula is C20H17ClO3S. The number of halogens is 1. The molecule has 0 bridgehead atoms. The van der Waals surface area contributed by atoms with E-state index >= 15 is 0 Å². The van der Waals surface area contributed by atoms with Crippen molar-refractivity contribution in [3.63, 3.8) is 0 Å². The van der Waals surface area contributed by atoms with Crippen LogP contribution in [0.25, 0.3) is 21.6 Å². The minimum absolute atomic E-state index is 0.110. The maximum absolute atomic E-state index is 13.1. The van der Waals surface area contributed by atoms with Gasteiger partial charge in [-0.2, -0.15) is 0 Å². The van der Waals surface area contributed by atoms with Gasteiger partial charge in [-0.05, 0) is 61.4 Å². The third-order valence-corrected chi connectivity index (χ3v) is 5.39. The van der Waals surface area contributed by atoms with Crippen molar-refractivity contribution in [1.29, 1.82) is 0 Å². The Kier molecular flexibility index (Phi) is 4.64. The van der Waals surface area contributed by atoms with E-state index in [2.05, 4.69) is 6.08 Å². The van der Waals surface area contributed by atoms with Crippen molar-refractivity contribution in [2.45, 2.75) is 31.8 Å². The number of fused-ring (bicyclic) bond motifs is 1. The number of thiophene rings is 1. The van der Waals surface area contributed by atoms with Crippen molar-refractivity contribution in [3.8, 4) is 16.4 Å². The zero-order valence-corrected chi connectivity index (χ0v) is 15.1. The molecule has 25 heavy (non-hydrogen) atoms. The van der Waals surface area contributed by atoms with Crippen LogP contribution < -0.4 is 10.2 Å². The summed E-state index contributed by atoms with van der Waals surface area (Å²) in [5.41, 5.74) is 0.339. The molecule has 3 nitrogen and oxygen atoms in total. The summed E-state index contributed by atoms with van der Waals surface area (Å²) in [6, 6.07) is 8.95. The Hall–Kier alpha value is -2.04. The lowest BCUT2D eigenvalue weighted by molar-refractivity contribution is 0.231. The molecule has 1 aromatic carbocycles. The fourth-order valence-corrected chi connectivity index (χ4v) is 3.90. The zero-order chi connectivity index (χ0) is 17.2. The molecule has 0 saturated heterocycles. The summed E-state index contributed by atoms with van der Waals surface area (Å²) in [6.45, 7) is 0.